The monoisotopic (exact) mass is 294 g/mol. The molecule has 4 saturated carbocycles. The van der Waals surface area contributed by atoms with Crippen LogP contribution in [0.1, 0.15) is 38.5 Å². The van der Waals surface area contributed by atoms with E-state index in [0.717, 1.165) is 38.5 Å². The van der Waals surface area contributed by atoms with Gasteiger partial charge in [0.25, 0.3) is 0 Å². The van der Waals surface area contributed by atoms with E-state index in [9.17, 15) is 24.9 Å². The van der Waals surface area contributed by atoms with E-state index in [0.29, 0.717) is 29.6 Å². The summed E-state index contributed by atoms with van der Waals surface area (Å²) in [5.41, 5.74) is -0.449. The van der Waals surface area contributed by atoms with E-state index < -0.39 is 29.4 Å². The zero-order chi connectivity index (χ0) is 14.9. The molecule has 4 aliphatic rings. The van der Waals surface area contributed by atoms with Gasteiger partial charge in [0.1, 0.15) is 0 Å². The van der Waals surface area contributed by atoms with Crippen molar-refractivity contribution in [2.45, 2.75) is 44.6 Å². The molecule has 4 rings (SSSR count). The Labute approximate surface area is 123 Å². The van der Waals surface area contributed by atoms with Crippen LogP contribution < -0.4 is 0 Å². The quantitative estimate of drug-likeness (QED) is 0.684. The molecule has 4 fully saturated rings. The smallest absolute Gasteiger partial charge is 0.333 e. The predicted molar refractivity (Wildman–Crippen MR) is 72.4 cm³/mol. The Bertz CT molecular complexity index is 479. The molecule has 116 valence electrons. The molecule has 0 spiro atoms. The summed E-state index contributed by atoms with van der Waals surface area (Å²) < 4.78 is 0. The molecule has 21 heavy (non-hydrogen) atoms. The van der Waals surface area contributed by atoms with Crippen LogP contribution in [0, 0.1) is 40.9 Å². The Hall–Kier alpha value is -1.10. The first kappa shape index (κ1) is 13.6. The summed E-state index contributed by atoms with van der Waals surface area (Å²) in [5.74, 6) is -1.57. The molecule has 0 radical (unpaired) electrons. The van der Waals surface area contributed by atoms with Crippen LogP contribution in [0.4, 0.5) is 0 Å². The fourth-order valence-corrected chi connectivity index (χ4v) is 7.15. The average molecular weight is 294 g/mol. The van der Waals surface area contributed by atoms with Crippen molar-refractivity contribution in [3.8, 4) is 0 Å². The molecular formula is C16H22O5. The SMILES string of the molecule is O=C(O)C(O)C(C(=O)O)C12C3CCC(C3)C1C1CCC2C1. The lowest BCUT2D eigenvalue weighted by Gasteiger charge is -2.51. The minimum absolute atomic E-state index is 0.304. The molecule has 4 aliphatic carbocycles. The molecule has 0 heterocycles. The highest BCUT2D eigenvalue weighted by atomic mass is 16.4. The van der Waals surface area contributed by atoms with Crippen LogP contribution in [-0.4, -0.2) is 33.4 Å². The number of aliphatic hydroxyl groups is 1. The summed E-state index contributed by atoms with van der Waals surface area (Å²) in [6.45, 7) is 0. The zero-order valence-corrected chi connectivity index (χ0v) is 11.9. The highest BCUT2D eigenvalue weighted by molar-refractivity contribution is 5.82. The maximum atomic E-state index is 11.9. The van der Waals surface area contributed by atoms with Crippen LogP contribution in [-0.2, 0) is 9.59 Å². The minimum Gasteiger partial charge on any atom is -0.481 e. The topological polar surface area (TPSA) is 94.8 Å². The number of hydrogen-bond acceptors (Lipinski definition) is 3. The fourth-order valence-electron chi connectivity index (χ4n) is 7.15. The predicted octanol–water partition coefficient (Wildman–Crippen LogP) is 1.60. The number of rotatable bonds is 4. The lowest BCUT2D eigenvalue weighted by Crippen LogP contribution is -2.55. The van der Waals surface area contributed by atoms with Crippen molar-refractivity contribution in [1.82, 2.24) is 0 Å². The molecule has 6 unspecified atom stereocenters. The van der Waals surface area contributed by atoms with Gasteiger partial charge in [-0.3, -0.25) is 4.79 Å². The molecule has 5 heteroatoms. The summed E-state index contributed by atoms with van der Waals surface area (Å²) >= 11 is 0. The van der Waals surface area contributed by atoms with E-state index in [-0.39, 0.29) is 0 Å². The van der Waals surface area contributed by atoms with E-state index in [1.807, 2.05) is 0 Å². The Kier molecular flexibility index (Phi) is 2.72. The van der Waals surface area contributed by atoms with E-state index in [2.05, 4.69) is 0 Å². The summed E-state index contributed by atoms with van der Waals surface area (Å²) in [6.07, 6.45) is 4.68. The molecule has 0 aromatic heterocycles. The summed E-state index contributed by atoms with van der Waals surface area (Å²) in [4.78, 5) is 23.2. The highest BCUT2D eigenvalue weighted by Gasteiger charge is 2.73. The van der Waals surface area contributed by atoms with Crippen molar-refractivity contribution in [2.75, 3.05) is 0 Å². The van der Waals surface area contributed by atoms with Crippen LogP contribution in [0.5, 0.6) is 0 Å². The lowest BCUT2D eigenvalue weighted by atomic mass is 9.52. The van der Waals surface area contributed by atoms with Crippen LogP contribution in [0.15, 0.2) is 0 Å². The van der Waals surface area contributed by atoms with Gasteiger partial charge >= 0.3 is 11.9 Å². The van der Waals surface area contributed by atoms with Gasteiger partial charge in [0.2, 0.25) is 0 Å². The largest absolute Gasteiger partial charge is 0.481 e. The first-order valence-corrected chi connectivity index (χ1v) is 8.11. The van der Waals surface area contributed by atoms with Crippen LogP contribution >= 0.6 is 0 Å². The van der Waals surface area contributed by atoms with E-state index in [1.54, 1.807) is 0 Å². The number of fused-ring (bicyclic) bond motifs is 9. The summed E-state index contributed by atoms with van der Waals surface area (Å²) in [5, 5.41) is 29.1. The first-order chi connectivity index (χ1) is 9.97. The van der Waals surface area contributed by atoms with Gasteiger partial charge in [-0.15, -0.1) is 0 Å². The van der Waals surface area contributed by atoms with Crippen molar-refractivity contribution in [3.05, 3.63) is 0 Å². The molecule has 0 saturated heterocycles. The molecule has 0 amide bonds. The zero-order valence-electron chi connectivity index (χ0n) is 11.9. The van der Waals surface area contributed by atoms with Crippen molar-refractivity contribution >= 4 is 11.9 Å². The molecule has 0 aliphatic heterocycles. The molecule has 3 N–H and O–H groups in total. The molecule has 4 bridgehead atoms. The van der Waals surface area contributed by atoms with E-state index in [1.165, 1.54) is 0 Å². The van der Waals surface area contributed by atoms with Crippen molar-refractivity contribution < 1.29 is 24.9 Å². The van der Waals surface area contributed by atoms with Gasteiger partial charge in [-0.05, 0) is 73.5 Å². The van der Waals surface area contributed by atoms with Crippen LogP contribution in [0.3, 0.4) is 0 Å². The molecule has 0 aromatic carbocycles. The fraction of sp³-hybridized carbons (Fsp3) is 0.875. The standard InChI is InChI=1S/C16H22O5/c17-13(15(20)21)12(14(18)19)16-9-3-1-7(5-9)11(16)8-2-4-10(16)6-8/h7-13,17H,1-6H2,(H,18,19)(H,20,21). The van der Waals surface area contributed by atoms with Gasteiger partial charge in [-0.25, -0.2) is 4.79 Å². The average Bonchev–Trinajstić information content (AvgIpc) is 3.16. The lowest BCUT2D eigenvalue weighted by molar-refractivity contribution is -0.177. The third kappa shape index (κ3) is 1.46. The Morgan fingerprint density at radius 2 is 1.43 bits per heavy atom. The molecular weight excluding hydrogens is 272 g/mol. The Balaban J connectivity index is 1.83. The van der Waals surface area contributed by atoms with Crippen molar-refractivity contribution in [1.29, 1.82) is 0 Å². The van der Waals surface area contributed by atoms with Gasteiger partial charge < -0.3 is 15.3 Å². The maximum Gasteiger partial charge on any atom is 0.333 e. The summed E-state index contributed by atoms with van der Waals surface area (Å²) in [7, 11) is 0. The second-order valence-corrected chi connectivity index (χ2v) is 7.66. The minimum atomic E-state index is -1.77. The number of carboxylic acid groups (broad SMARTS) is 2. The maximum absolute atomic E-state index is 11.9. The summed E-state index contributed by atoms with van der Waals surface area (Å²) in [6, 6.07) is 0. The normalized spacial score (nSPS) is 49.1. The van der Waals surface area contributed by atoms with E-state index in [4.69, 9.17) is 0 Å². The number of hydrogen-bond donors (Lipinski definition) is 3. The van der Waals surface area contributed by atoms with Crippen molar-refractivity contribution in [2.24, 2.45) is 40.9 Å². The molecule has 0 aromatic rings. The van der Waals surface area contributed by atoms with Crippen molar-refractivity contribution in [3.63, 3.8) is 0 Å². The van der Waals surface area contributed by atoms with Crippen LogP contribution in [0.25, 0.3) is 0 Å². The third-order valence-corrected chi connectivity index (χ3v) is 7.33. The third-order valence-electron chi connectivity index (χ3n) is 7.33. The number of carbonyl (C=O) groups is 2. The number of carboxylic acids is 2. The molecule has 5 nitrogen and oxygen atoms in total. The van der Waals surface area contributed by atoms with E-state index >= 15 is 0 Å². The Morgan fingerprint density at radius 3 is 1.86 bits per heavy atom. The molecule has 6 atom stereocenters. The van der Waals surface area contributed by atoms with Gasteiger partial charge in [-0.1, -0.05) is 0 Å². The Morgan fingerprint density at radius 1 is 0.905 bits per heavy atom. The van der Waals surface area contributed by atoms with Gasteiger partial charge in [0.15, 0.2) is 6.10 Å². The number of aliphatic carboxylic acids is 2. The van der Waals surface area contributed by atoms with Gasteiger partial charge in [0.05, 0.1) is 5.92 Å². The highest BCUT2D eigenvalue weighted by Crippen LogP contribution is 2.76. The second kappa shape index (κ2) is 4.22. The first-order valence-electron chi connectivity index (χ1n) is 8.11. The number of aliphatic hydroxyl groups excluding tert-OH is 1. The van der Waals surface area contributed by atoms with Crippen LogP contribution in [0.2, 0.25) is 0 Å². The van der Waals surface area contributed by atoms with Gasteiger partial charge in [0, 0.05) is 0 Å². The second-order valence-electron chi connectivity index (χ2n) is 7.66. The van der Waals surface area contributed by atoms with Gasteiger partial charge in [-0.2, -0.15) is 0 Å².